The van der Waals surface area contributed by atoms with Crippen LogP contribution in [0.15, 0.2) is 30.7 Å². The quantitative estimate of drug-likeness (QED) is 0.692. The molecule has 1 aromatic heterocycles. The van der Waals surface area contributed by atoms with E-state index >= 15 is 0 Å². The zero-order valence-electron chi connectivity index (χ0n) is 9.51. The summed E-state index contributed by atoms with van der Waals surface area (Å²) in [6.45, 7) is 0.389. The zero-order chi connectivity index (χ0) is 13.8. The second kappa shape index (κ2) is 5.81. The van der Waals surface area contributed by atoms with E-state index in [9.17, 15) is 10.1 Å². The summed E-state index contributed by atoms with van der Waals surface area (Å²) >= 11 is 11.9. The van der Waals surface area contributed by atoms with Gasteiger partial charge in [-0.2, -0.15) is 0 Å². The average Bonchev–Trinajstić information content (AvgIpc) is 2.38. The molecule has 0 saturated heterocycles. The van der Waals surface area contributed by atoms with E-state index in [1.807, 2.05) is 0 Å². The number of benzene rings is 1. The summed E-state index contributed by atoms with van der Waals surface area (Å²) in [5.41, 5.74) is 1.04. The fourth-order valence-corrected chi connectivity index (χ4v) is 2.04. The van der Waals surface area contributed by atoms with Gasteiger partial charge in [-0.1, -0.05) is 23.2 Å². The van der Waals surface area contributed by atoms with Crippen LogP contribution in [0, 0.1) is 10.1 Å². The maximum absolute atomic E-state index is 10.6. The molecule has 0 bridgehead atoms. The van der Waals surface area contributed by atoms with Gasteiger partial charge in [0.1, 0.15) is 6.33 Å². The summed E-state index contributed by atoms with van der Waals surface area (Å²) in [5, 5.41) is 14.0. The van der Waals surface area contributed by atoms with Crippen LogP contribution in [0.25, 0.3) is 0 Å². The molecular formula is C11H8Cl2N4O2. The van der Waals surface area contributed by atoms with Crippen molar-refractivity contribution in [3.8, 4) is 0 Å². The standard InChI is InChI=1S/C11H8Cl2N4O2/c12-9-3-8(17(18)19)4-10(13)11(9)15-5-7-1-2-14-6-16-7/h1-4,6,15H,5H2. The molecule has 8 heteroatoms. The molecule has 0 atom stereocenters. The summed E-state index contributed by atoms with van der Waals surface area (Å²) < 4.78 is 0. The zero-order valence-corrected chi connectivity index (χ0v) is 11.0. The van der Waals surface area contributed by atoms with Gasteiger partial charge in [-0.3, -0.25) is 10.1 Å². The number of nitro benzene ring substituents is 1. The Labute approximate surface area is 118 Å². The highest BCUT2D eigenvalue weighted by atomic mass is 35.5. The third-order valence-electron chi connectivity index (χ3n) is 2.33. The highest BCUT2D eigenvalue weighted by Crippen LogP contribution is 2.34. The number of anilines is 1. The van der Waals surface area contributed by atoms with Gasteiger partial charge in [-0.15, -0.1) is 0 Å². The van der Waals surface area contributed by atoms with Gasteiger partial charge >= 0.3 is 0 Å². The Balaban J connectivity index is 2.19. The molecule has 0 saturated carbocycles. The van der Waals surface area contributed by atoms with Crippen LogP contribution in [0.5, 0.6) is 0 Å². The first-order valence-electron chi connectivity index (χ1n) is 5.20. The molecule has 0 spiro atoms. The summed E-state index contributed by atoms with van der Waals surface area (Å²) in [7, 11) is 0. The molecule has 2 rings (SSSR count). The van der Waals surface area contributed by atoms with Crippen LogP contribution in [0.4, 0.5) is 11.4 Å². The maximum Gasteiger partial charge on any atom is 0.272 e. The summed E-state index contributed by atoms with van der Waals surface area (Å²) in [6.07, 6.45) is 3.04. The Morgan fingerprint density at radius 3 is 2.53 bits per heavy atom. The van der Waals surface area contributed by atoms with Crippen molar-refractivity contribution in [2.45, 2.75) is 6.54 Å². The summed E-state index contributed by atoms with van der Waals surface area (Å²) in [5.74, 6) is 0. The number of hydrogen-bond donors (Lipinski definition) is 1. The Kier molecular flexibility index (Phi) is 4.13. The smallest absolute Gasteiger partial charge is 0.272 e. The fourth-order valence-electron chi connectivity index (χ4n) is 1.44. The lowest BCUT2D eigenvalue weighted by Gasteiger charge is -2.09. The first-order valence-corrected chi connectivity index (χ1v) is 5.95. The molecule has 19 heavy (non-hydrogen) atoms. The number of hydrogen-bond acceptors (Lipinski definition) is 5. The Morgan fingerprint density at radius 1 is 1.32 bits per heavy atom. The van der Waals surface area contributed by atoms with Crippen LogP contribution < -0.4 is 5.32 Å². The molecule has 6 nitrogen and oxygen atoms in total. The minimum absolute atomic E-state index is 0.150. The second-order valence-corrected chi connectivity index (χ2v) is 4.41. The largest absolute Gasteiger partial charge is 0.377 e. The molecule has 0 radical (unpaired) electrons. The van der Waals surface area contributed by atoms with Gasteiger partial charge in [0.2, 0.25) is 0 Å². The van der Waals surface area contributed by atoms with Crippen LogP contribution in [-0.2, 0) is 6.54 Å². The normalized spacial score (nSPS) is 10.2. The van der Waals surface area contributed by atoms with E-state index in [1.165, 1.54) is 18.5 Å². The van der Waals surface area contributed by atoms with Gasteiger partial charge in [0, 0.05) is 18.3 Å². The lowest BCUT2D eigenvalue weighted by molar-refractivity contribution is -0.384. The average molecular weight is 299 g/mol. The monoisotopic (exact) mass is 298 g/mol. The Morgan fingerprint density at radius 2 is 2.00 bits per heavy atom. The van der Waals surface area contributed by atoms with E-state index in [0.29, 0.717) is 12.2 Å². The van der Waals surface area contributed by atoms with Gasteiger partial charge < -0.3 is 5.32 Å². The van der Waals surface area contributed by atoms with Crippen molar-refractivity contribution < 1.29 is 4.92 Å². The third-order valence-corrected chi connectivity index (χ3v) is 2.92. The number of halogens is 2. The number of rotatable bonds is 4. The van der Waals surface area contributed by atoms with Gasteiger partial charge in [0.25, 0.3) is 5.69 Å². The number of aromatic nitrogens is 2. The molecule has 1 N–H and O–H groups in total. The predicted molar refractivity (Wildman–Crippen MR) is 72.5 cm³/mol. The van der Waals surface area contributed by atoms with Crippen LogP contribution in [0.3, 0.4) is 0 Å². The van der Waals surface area contributed by atoms with Gasteiger partial charge in [-0.05, 0) is 6.07 Å². The van der Waals surface area contributed by atoms with Crippen LogP contribution in [-0.4, -0.2) is 14.9 Å². The molecular weight excluding hydrogens is 291 g/mol. The SMILES string of the molecule is O=[N+]([O-])c1cc(Cl)c(NCc2ccncn2)c(Cl)c1. The Bertz CT molecular complexity index is 584. The summed E-state index contributed by atoms with van der Waals surface area (Å²) in [4.78, 5) is 17.9. The number of nitro groups is 1. The van der Waals surface area contributed by atoms with E-state index in [0.717, 1.165) is 5.69 Å². The second-order valence-electron chi connectivity index (χ2n) is 3.60. The van der Waals surface area contributed by atoms with Crippen molar-refractivity contribution in [3.63, 3.8) is 0 Å². The van der Waals surface area contributed by atoms with E-state index < -0.39 is 4.92 Å². The lowest BCUT2D eigenvalue weighted by Crippen LogP contribution is -2.03. The molecule has 2 aromatic rings. The van der Waals surface area contributed by atoms with Crippen LogP contribution in [0.2, 0.25) is 10.0 Å². The van der Waals surface area contributed by atoms with Gasteiger partial charge in [0.15, 0.2) is 0 Å². The van der Waals surface area contributed by atoms with Crippen molar-refractivity contribution in [2.75, 3.05) is 5.32 Å². The summed E-state index contributed by atoms with van der Waals surface area (Å²) in [6, 6.07) is 4.23. The van der Waals surface area contributed by atoms with Crippen LogP contribution in [0.1, 0.15) is 5.69 Å². The van der Waals surface area contributed by atoms with Crippen molar-refractivity contribution in [3.05, 3.63) is 56.6 Å². The van der Waals surface area contributed by atoms with Crippen molar-refractivity contribution in [2.24, 2.45) is 0 Å². The first-order chi connectivity index (χ1) is 9.08. The molecule has 0 aliphatic rings. The van der Waals surface area contributed by atoms with Gasteiger partial charge in [0.05, 0.1) is 32.9 Å². The fraction of sp³-hybridized carbons (Fsp3) is 0.0909. The number of non-ortho nitro benzene ring substituents is 1. The molecule has 0 aliphatic heterocycles. The molecule has 98 valence electrons. The topological polar surface area (TPSA) is 81.0 Å². The van der Waals surface area contributed by atoms with Crippen LogP contribution >= 0.6 is 23.2 Å². The molecule has 1 aromatic carbocycles. The van der Waals surface area contributed by atoms with E-state index in [1.54, 1.807) is 12.3 Å². The highest BCUT2D eigenvalue weighted by Gasteiger charge is 2.14. The predicted octanol–water partition coefficient (Wildman–Crippen LogP) is 3.30. The third kappa shape index (κ3) is 3.30. The highest BCUT2D eigenvalue weighted by molar-refractivity contribution is 6.39. The molecule has 0 unspecified atom stereocenters. The molecule has 0 fully saturated rings. The van der Waals surface area contributed by atoms with E-state index in [-0.39, 0.29) is 15.7 Å². The van der Waals surface area contributed by atoms with Gasteiger partial charge in [-0.25, -0.2) is 9.97 Å². The van der Waals surface area contributed by atoms with E-state index in [2.05, 4.69) is 15.3 Å². The molecule has 1 heterocycles. The van der Waals surface area contributed by atoms with E-state index in [4.69, 9.17) is 23.2 Å². The maximum atomic E-state index is 10.6. The minimum atomic E-state index is -0.550. The van der Waals surface area contributed by atoms with Crippen molar-refractivity contribution in [1.82, 2.24) is 9.97 Å². The lowest BCUT2D eigenvalue weighted by atomic mass is 10.2. The number of nitrogens with one attached hydrogen (secondary N) is 1. The molecule has 0 amide bonds. The molecule has 0 aliphatic carbocycles. The van der Waals surface area contributed by atoms with Crippen molar-refractivity contribution in [1.29, 1.82) is 0 Å². The first kappa shape index (κ1) is 13.5. The van der Waals surface area contributed by atoms with Crippen molar-refractivity contribution >= 4 is 34.6 Å². The Hall–Kier alpha value is -1.92. The number of nitrogens with zero attached hydrogens (tertiary/aromatic N) is 3. The minimum Gasteiger partial charge on any atom is -0.377 e.